The molecule has 2 fully saturated rings. The van der Waals surface area contributed by atoms with Gasteiger partial charge in [0, 0.05) is 43.6 Å². The van der Waals surface area contributed by atoms with Crippen molar-refractivity contribution >= 4 is 41.3 Å². The molecule has 0 aromatic carbocycles. The van der Waals surface area contributed by atoms with E-state index < -0.39 is 0 Å². The summed E-state index contributed by atoms with van der Waals surface area (Å²) in [5, 5.41) is 9.28. The second-order valence-corrected chi connectivity index (χ2v) is 8.06. The summed E-state index contributed by atoms with van der Waals surface area (Å²) in [6.07, 6.45) is 6.46. The van der Waals surface area contributed by atoms with Gasteiger partial charge in [0.05, 0.1) is 0 Å². The molecule has 1 aromatic heterocycles. The molecule has 1 saturated carbocycles. The molecule has 2 aliphatic rings. The Labute approximate surface area is 167 Å². The Morgan fingerprint density at radius 2 is 2.08 bits per heavy atom. The molecule has 3 rings (SSSR count). The molecule has 2 heterocycles. The Morgan fingerprint density at radius 3 is 2.67 bits per heavy atom. The molecule has 24 heavy (non-hydrogen) atoms. The Morgan fingerprint density at radius 1 is 1.33 bits per heavy atom. The number of thiophene rings is 1. The molecule has 1 aromatic rings. The van der Waals surface area contributed by atoms with E-state index >= 15 is 0 Å². The topological polar surface area (TPSA) is 39.7 Å². The third-order valence-corrected chi connectivity index (χ3v) is 5.80. The predicted octanol–water partition coefficient (Wildman–Crippen LogP) is 3.34. The fraction of sp³-hybridized carbons (Fsp3) is 0.722. The second kappa shape index (κ2) is 9.97. The van der Waals surface area contributed by atoms with Crippen LogP contribution >= 0.6 is 35.3 Å². The van der Waals surface area contributed by atoms with Crippen LogP contribution in [0.2, 0.25) is 0 Å². The van der Waals surface area contributed by atoms with Crippen LogP contribution in [0.3, 0.4) is 0 Å². The van der Waals surface area contributed by atoms with Gasteiger partial charge in [0.15, 0.2) is 5.96 Å². The Hall–Kier alpha value is -0.340. The van der Waals surface area contributed by atoms with Crippen LogP contribution in [0, 0.1) is 5.92 Å². The van der Waals surface area contributed by atoms with Crippen molar-refractivity contribution in [1.29, 1.82) is 0 Å². The number of hydrogen-bond donors (Lipinski definition) is 2. The fourth-order valence-corrected chi connectivity index (χ4v) is 4.22. The fourth-order valence-electron chi connectivity index (χ4n) is 3.35. The minimum atomic E-state index is 0. The average Bonchev–Trinajstić information content (AvgIpc) is 3.30. The highest BCUT2D eigenvalue weighted by Gasteiger charge is 2.31. The van der Waals surface area contributed by atoms with Gasteiger partial charge in [-0.05, 0) is 49.5 Å². The lowest BCUT2D eigenvalue weighted by atomic mass is 10.0. The van der Waals surface area contributed by atoms with Crippen LogP contribution in [-0.2, 0) is 6.42 Å². The molecule has 0 spiro atoms. The van der Waals surface area contributed by atoms with E-state index in [0.29, 0.717) is 12.0 Å². The number of rotatable bonds is 6. The van der Waals surface area contributed by atoms with Gasteiger partial charge in [0.2, 0.25) is 0 Å². The molecule has 6 heteroatoms. The van der Waals surface area contributed by atoms with Gasteiger partial charge in [0.1, 0.15) is 0 Å². The third-order valence-electron chi connectivity index (χ3n) is 4.90. The molecular formula is C18H31IN4S. The van der Waals surface area contributed by atoms with Gasteiger partial charge in [-0.3, -0.25) is 4.99 Å². The van der Waals surface area contributed by atoms with E-state index in [4.69, 9.17) is 0 Å². The summed E-state index contributed by atoms with van der Waals surface area (Å²) in [7, 11) is 1.87. The summed E-state index contributed by atoms with van der Waals surface area (Å²) in [5.41, 5.74) is 0. The lowest BCUT2D eigenvalue weighted by molar-refractivity contribution is 0.197. The summed E-state index contributed by atoms with van der Waals surface area (Å²) in [6, 6.07) is 5.84. The standard InChI is InChI=1S/C18H30N4S.HI/c1-14(12-17-4-3-11-23-17)13-20-18(19-2)21-15-7-9-22(10-8-15)16-5-6-16;/h3-4,11,14-16H,5-10,12-13H2,1-2H3,(H2,19,20,21);1H. The molecule has 0 radical (unpaired) electrons. The van der Waals surface area contributed by atoms with E-state index in [-0.39, 0.29) is 24.0 Å². The summed E-state index contributed by atoms with van der Waals surface area (Å²) in [4.78, 5) is 8.53. The van der Waals surface area contributed by atoms with Crippen LogP contribution in [0.5, 0.6) is 0 Å². The van der Waals surface area contributed by atoms with Crippen LogP contribution in [0.1, 0.15) is 37.5 Å². The van der Waals surface area contributed by atoms with E-state index in [9.17, 15) is 0 Å². The maximum atomic E-state index is 4.40. The van der Waals surface area contributed by atoms with E-state index in [1.165, 1.54) is 43.6 Å². The van der Waals surface area contributed by atoms with E-state index in [2.05, 4.69) is 45.0 Å². The highest BCUT2D eigenvalue weighted by atomic mass is 127. The first-order valence-electron chi connectivity index (χ1n) is 8.98. The molecule has 1 aliphatic heterocycles. The number of aliphatic imine (C=N–C) groups is 1. The van der Waals surface area contributed by atoms with Crippen LogP contribution in [0.15, 0.2) is 22.5 Å². The summed E-state index contributed by atoms with van der Waals surface area (Å²) >= 11 is 1.85. The predicted molar refractivity (Wildman–Crippen MR) is 115 cm³/mol. The normalized spacial score (nSPS) is 21.2. The van der Waals surface area contributed by atoms with Crippen molar-refractivity contribution in [3.63, 3.8) is 0 Å². The van der Waals surface area contributed by atoms with Crippen molar-refractivity contribution in [2.75, 3.05) is 26.7 Å². The molecule has 2 N–H and O–H groups in total. The third kappa shape index (κ3) is 6.19. The van der Waals surface area contributed by atoms with Crippen LogP contribution in [0.25, 0.3) is 0 Å². The smallest absolute Gasteiger partial charge is 0.191 e. The van der Waals surface area contributed by atoms with Crippen molar-refractivity contribution in [3.8, 4) is 0 Å². The Kier molecular flexibility index (Phi) is 8.30. The maximum Gasteiger partial charge on any atom is 0.191 e. The molecule has 1 unspecified atom stereocenters. The molecule has 1 aliphatic carbocycles. The number of piperidine rings is 1. The lowest BCUT2D eigenvalue weighted by Gasteiger charge is -2.33. The minimum absolute atomic E-state index is 0. The highest BCUT2D eigenvalue weighted by molar-refractivity contribution is 14.0. The van der Waals surface area contributed by atoms with Gasteiger partial charge in [0.25, 0.3) is 0 Å². The van der Waals surface area contributed by atoms with Crippen molar-refractivity contribution in [1.82, 2.24) is 15.5 Å². The van der Waals surface area contributed by atoms with Crippen molar-refractivity contribution < 1.29 is 0 Å². The molecule has 1 atom stereocenters. The van der Waals surface area contributed by atoms with E-state index in [1.54, 1.807) is 0 Å². The number of hydrogen-bond acceptors (Lipinski definition) is 3. The van der Waals surface area contributed by atoms with Gasteiger partial charge in [-0.25, -0.2) is 0 Å². The second-order valence-electron chi connectivity index (χ2n) is 7.03. The summed E-state index contributed by atoms with van der Waals surface area (Å²) in [6.45, 7) is 5.76. The number of nitrogens with one attached hydrogen (secondary N) is 2. The number of halogens is 1. The molecule has 1 saturated heterocycles. The van der Waals surface area contributed by atoms with Crippen molar-refractivity contribution in [3.05, 3.63) is 22.4 Å². The summed E-state index contributed by atoms with van der Waals surface area (Å²) < 4.78 is 0. The van der Waals surface area contributed by atoms with Gasteiger partial charge in [-0.15, -0.1) is 35.3 Å². The zero-order valence-corrected chi connectivity index (χ0v) is 18.0. The van der Waals surface area contributed by atoms with Gasteiger partial charge in [-0.1, -0.05) is 13.0 Å². The minimum Gasteiger partial charge on any atom is -0.356 e. The van der Waals surface area contributed by atoms with Gasteiger partial charge in [-0.2, -0.15) is 0 Å². The van der Waals surface area contributed by atoms with Gasteiger partial charge >= 0.3 is 0 Å². The number of likely N-dealkylation sites (tertiary alicyclic amines) is 1. The quantitative estimate of drug-likeness (QED) is 0.387. The molecule has 4 nitrogen and oxygen atoms in total. The highest BCUT2D eigenvalue weighted by Crippen LogP contribution is 2.29. The molecule has 0 amide bonds. The van der Waals surface area contributed by atoms with Crippen molar-refractivity contribution in [2.45, 2.75) is 51.1 Å². The number of guanidine groups is 1. The first kappa shape index (κ1) is 20.0. The Bertz CT molecular complexity index is 493. The van der Waals surface area contributed by atoms with Crippen LogP contribution in [-0.4, -0.2) is 49.6 Å². The zero-order valence-electron chi connectivity index (χ0n) is 14.8. The maximum absolute atomic E-state index is 4.40. The summed E-state index contributed by atoms with van der Waals surface area (Å²) in [5.74, 6) is 1.58. The molecule has 136 valence electrons. The van der Waals surface area contributed by atoms with E-state index in [1.807, 2.05) is 18.4 Å². The zero-order chi connectivity index (χ0) is 16.1. The van der Waals surface area contributed by atoms with Crippen LogP contribution < -0.4 is 10.6 Å². The Balaban J connectivity index is 0.00000208. The largest absolute Gasteiger partial charge is 0.356 e. The van der Waals surface area contributed by atoms with Gasteiger partial charge < -0.3 is 15.5 Å². The average molecular weight is 462 g/mol. The van der Waals surface area contributed by atoms with Crippen molar-refractivity contribution in [2.24, 2.45) is 10.9 Å². The monoisotopic (exact) mass is 462 g/mol. The van der Waals surface area contributed by atoms with E-state index in [0.717, 1.165) is 25.0 Å². The lowest BCUT2D eigenvalue weighted by Crippen LogP contribution is -2.49. The SMILES string of the molecule is CN=C(NCC(C)Cc1cccs1)NC1CCN(C2CC2)CC1.I. The first-order valence-corrected chi connectivity index (χ1v) is 9.86. The molecular weight excluding hydrogens is 431 g/mol. The number of nitrogens with zero attached hydrogens (tertiary/aromatic N) is 2. The first-order chi connectivity index (χ1) is 11.2. The molecule has 0 bridgehead atoms. The van der Waals surface area contributed by atoms with Crippen LogP contribution in [0.4, 0.5) is 0 Å².